The van der Waals surface area contributed by atoms with Crippen LogP contribution < -0.4 is 10.2 Å². The number of anilines is 1. The Bertz CT molecular complexity index is 1090. The molecule has 0 radical (unpaired) electrons. The quantitative estimate of drug-likeness (QED) is 0.425. The molecule has 36 heavy (non-hydrogen) atoms. The number of fused-ring (bicyclic) bond motifs is 1. The summed E-state index contributed by atoms with van der Waals surface area (Å²) < 4.78 is 85.1. The van der Waals surface area contributed by atoms with Crippen LogP contribution in [0.1, 0.15) is 73.0 Å². The first-order chi connectivity index (χ1) is 16.5. The van der Waals surface area contributed by atoms with E-state index in [4.69, 9.17) is 4.74 Å². The Labute approximate surface area is 206 Å². The maximum Gasteiger partial charge on any atom is 0.416 e. The lowest BCUT2D eigenvalue weighted by molar-refractivity contribution is -0.143. The van der Waals surface area contributed by atoms with Crippen LogP contribution in [0.4, 0.5) is 36.8 Å². The van der Waals surface area contributed by atoms with Crippen LogP contribution in [0.15, 0.2) is 30.3 Å². The van der Waals surface area contributed by atoms with Gasteiger partial charge in [-0.2, -0.15) is 26.3 Å². The predicted octanol–water partition coefficient (Wildman–Crippen LogP) is 7.71. The van der Waals surface area contributed by atoms with E-state index in [1.54, 1.807) is 25.7 Å². The summed E-state index contributed by atoms with van der Waals surface area (Å²) in [5, 5.41) is 3.13. The Balaban J connectivity index is 1.95. The van der Waals surface area contributed by atoms with Crippen molar-refractivity contribution in [3.8, 4) is 0 Å². The Morgan fingerprint density at radius 1 is 0.944 bits per heavy atom. The van der Waals surface area contributed by atoms with Gasteiger partial charge in [-0.3, -0.25) is 4.90 Å². The molecule has 0 saturated carbocycles. The van der Waals surface area contributed by atoms with Gasteiger partial charge < -0.3 is 10.1 Å². The summed E-state index contributed by atoms with van der Waals surface area (Å²) in [5.74, 6) is 0. The van der Waals surface area contributed by atoms with Crippen LogP contribution >= 0.6 is 0 Å². The second-order valence-electron chi connectivity index (χ2n) is 10.1. The van der Waals surface area contributed by atoms with E-state index in [-0.39, 0.29) is 18.2 Å². The zero-order valence-electron chi connectivity index (χ0n) is 20.8. The van der Waals surface area contributed by atoms with Gasteiger partial charge in [-0.15, -0.1) is 0 Å². The zero-order chi connectivity index (χ0) is 27.1. The standard InChI is InChI=1S/C26H30F6N2O2/c1-15-9-20-21(7-6-8-34(22(20)10-16(15)2)23(35)36-24(3,4)5)33-14-17-11-18(25(27,28)29)13-19(12-17)26(30,31)32/h9-13,21,33H,6-8,14H2,1-5H3/t21-/m0/s1. The second kappa shape index (κ2) is 9.95. The third-order valence-electron chi connectivity index (χ3n) is 6.00. The molecule has 1 aliphatic rings. The molecular formula is C26H30F6N2O2. The van der Waals surface area contributed by atoms with Crippen LogP contribution in [-0.4, -0.2) is 18.2 Å². The Hall–Kier alpha value is -2.75. The fraction of sp³-hybridized carbons (Fsp3) is 0.500. The minimum atomic E-state index is -4.91. The van der Waals surface area contributed by atoms with Crippen molar-refractivity contribution in [3.63, 3.8) is 0 Å². The molecule has 0 aliphatic carbocycles. The van der Waals surface area contributed by atoms with E-state index in [1.165, 1.54) is 0 Å². The van der Waals surface area contributed by atoms with Gasteiger partial charge in [0.15, 0.2) is 0 Å². The maximum atomic E-state index is 13.3. The summed E-state index contributed by atoms with van der Waals surface area (Å²) in [7, 11) is 0. The molecule has 3 rings (SSSR count). The number of hydrogen-bond acceptors (Lipinski definition) is 3. The number of hydrogen-bond donors (Lipinski definition) is 1. The van der Waals surface area contributed by atoms with Crippen LogP contribution in [0.2, 0.25) is 0 Å². The first kappa shape index (κ1) is 27.8. The number of carbonyl (C=O) groups is 1. The Morgan fingerprint density at radius 3 is 2.03 bits per heavy atom. The second-order valence-corrected chi connectivity index (χ2v) is 10.1. The van der Waals surface area contributed by atoms with Crippen molar-refractivity contribution >= 4 is 11.8 Å². The number of amides is 1. The van der Waals surface area contributed by atoms with Crippen molar-refractivity contribution < 1.29 is 35.9 Å². The van der Waals surface area contributed by atoms with Crippen LogP contribution in [0, 0.1) is 13.8 Å². The van der Waals surface area contributed by atoms with Gasteiger partial charge in [-0.1, -0.05) is 6.07 Å². The molecule has 4 nitrogen and oxygen atoms in total. The van der Waals surface area contributed by atoms with Gasteiger partial charge in [0, 0.05) is 19.1 Å². The first-order valence-electron chi connectivity index (χ1n) is 11.6. The lowest BCUT2D eigenvalue weighted by Crippen LogP contribution is -2.37. The molecule has 1 heterocycles. The third kappa shape index (κ3) is 6.72. The monoisotopic (exact) mass is 516 g/mol. The van der Waals surface area contributed by atoms with E-state index in [1.807, 2.05) is 26.0 Å². The number of alkyl halides is 6. The molecule has 0 spiro atoms. The topological polar surface area (TPSA) is 41.6 Å². The minimum absolute atomic E-state index is 0.120. The smallest absolute Gasteiger partial charge is 0.416 e. The maximum absolute atomic E-state index is 13.3. The number of benzene rings is 2. The van der Waals surface area contributed by atoms with Crippen LogP contribution in [-0.2, 0) is 23.6 Å². The van der Waals surface area contributed by atoms with Crippen molar-refractivity contribution in [2.75, 3.05) is 11.4 Å². The van der Waals surface area contributed by atoms with Crippen molar-refractivity contribution in [2.45, 2.75) is 78.0 Å². The van der Waals surface area contributed by atoms with E-state index < -0.39 is 41.2 Å². The van der Waals surface area contributed by atoms with Crippen LogP contribution in [0.5, 0.6) is 0 Å². The molecule has 198 valence electrons. The number of aryl methyl sites for hydroxylation is 2. The van der Waals surface area contributed by atoms with E-state index in [9.17, 15) is 31.1 Å². The van der Waals surface area contributed by atoms with Gasteiger partial charge >= 0.3 is 18.4 Å². The van der Waals surface area contributed by atoms with Gasteiger partial charge in [0.25, 0.3) is 0 Å². The highest BCUT2D eigenvalue weighted by Gasteiger charge is 2.37. The molecule has 2 aromatic rings. The lowest BCUT2D eigenvalue weighted by Gasteiger charge is -2.29. The molecule has 10 heteroatoms. The summed E-state index contributed by atoms with van der Waals surface area (Å²) in [6.07, 6.45) is -9.25. The highest BCUT2D eigenvalue weighted by Crippen LogP contribution is 2.38. The normalized spacial score (nSPS) is 17.0. The molecule has 0 unspecified atom stereocenters. The molecule has 0 saturated heterocycles. The van der Waals surface area contributed by atoms with E-state index in [0.29, 0.717) is 25.1 Å². The molecular weight excluding hydrogens is 486 g/mol. The Kier molecular flexibility index (Phi) is 7.70. The number of rotatable bonds is 3. The summed E-state index contributed by atoms with van der Waals surface area (Å²) in [6, 6.07) is 4.95. The molecule has 0 bridgehead atoms. The number of nitrogens with one attached hydrogen (secondary N) is 1. The number of ether oxygens (including phenoxy) is 1. The lowest BCUT2D eigenvalue weighted by atomic mass is 9.96. The van der Waals surface area contributed by atoms with E-state index >= 15 is 0 Å². The summed E-state index contributed by atoms with van der Waals surface area (Å²) in [4.78, 5) is 14.5. The van der Waals surface area contributed by atoms with Crippen molar-refractivity contribution in [3.05, 3.63) is 63.7 Å². The highest BCUT2D eigenvalue weighted by atomic mass is 19.4. The molecule has 0 aromatic heterocycles. The van der Waals surface area contributed by atoms with Gasteiger partial charge in [0.2, 0.25) is 0 Å². The van der Waals surface area contributed by atoms with Gasteiger partial charge in [0.05, 0.1) is 16.8 Å². The number of halogens is 6. The largest absolute Gasteiger partial charge is 0.443 e. The van der Waals surface area contributed by atoms with Gasteiger partial charge in [0.1, 0.15) is 5.60 Å². The summed E-state index contributed by atoms with van der Waals surface area (Å²) >= 11 is 0. The van der Waals surface area contributed by atoms with E-state index in [0.717, 1.165) is 28.8 Å². The summed E-state index contributed by atoms with van der Waals surface area (Å²) in [6.45, 7) is 9.24. The van der Waals surface area contributed by atoms with Crippen molar-refractivity contribution in [1.82, 2.24) is 5.32 Å². The first-order valence-corrected chi connectivity index (χ1v) is 11.6. The minimum Gasteiger partial charge on any atom is -0.443 e. The van der Waals surface area contributed by atoms with E-state index in [2.05, 4.69) is 5.32 Å². The summed E-state index contributed by atoms with van der Waals surface area (Å²) in [5.41, 5.74) is -0.292. The molecule has 1 N–H and O–H groups in total. The number of nitrogens with zero attached hydrogens (tertiary/aromatic N) is 1. The molecule has 1 amide bonds. The molecule has 2 aromatic carbocycles. The van der Waals surface area contributed by atoms with Crippen molar-refractivity contribution in [1.29, 1.82) is 0 Å². The average Bonchev–Trinajstić information content (AvgIpc) is 2.89. The SMILES string of the molecule is Cc1cc2c(cc1C)N(C(=O)OC(C)(C)C)CCC[C@@H]2NCc1cc(C(F)(F)F)cc(C(F)(F)F)c1. The fourth-order valence-electron chi connectivity index (χ4n) is 4.15. The fourth-order valence-corrected chi connectivity index (χ4v) is 4.15. The third-order valence-corrected chi connectivity index (χ3v) is 6.00. The molecule has 1 aliphatic heterocycles. The van der Waals surface area contributed by atoms with Crippen molar-refractivity contribution in [2.24, 2.45) is 0 Å². The zero-order valence-corrected chi connectivity index (χ0v) is 20.8. The average molecular weight is 517 g/mol. The van der Waals surface area contributed by atoms with Crippen LogP contribution in [0.25, 0.3) is 0 Å². The van der Waals surface area contributed by atoms with Gasteiger partial charge in [-0.25, -0.2) is 4.79 Å². The van der Waals surface area contributed by atoms with Crippen LogP contribution in [0.3, 0.4) is 0 Å². The number of carbonyl (C=O) groups excluding carboxylic acids is 1. The molecule has 1 atom stereocenters. The predicted molar refractivity (Wildman–Crippen MR) is 125 cm³/mol. The Morgan fingerprint density at radius 2 is 1.50 bits per heavy atom. The molecule has 0 fully saturated rings. The van der Waals surface area contributed by atoms with Gasteiger partial charge in [-0.05, 0) is 94.0 Å². The highest BCUT2D eigenvalue weighted by molar-refractivity contribution is 5.89.